The molecule has 1 aromatic carbocycles. The summed E-state index contributed by atoms with van der Waals surface area (Å²) in [5.74, 6) is 0. The number of rotatable bonds is 3. The van der Waals surface area contributed by atoms with Crippen molar-refractivity contribution in [2.45, 2.75) is 6.54 Å². The topological polar surface area (TPSA) is 80.8 Å². The third-order valence-electron chi connectivity index (χ3n) is 3.27. The van der Waals surface area contributed by atoms with Crippen LogP contribution in [0.25, 0.3) is 0 Å². The van der Waals surface area contributed by atoms with Crippen LogP contribution in [0.15, 0.2) is 41.9 Å². The van der Waals surface area contributed by atoms with Gasteiger partial charge in [0, 0.05) is 0 Å². The van der Waals surface area contributed by atoms with E-state index in [1.165, 1.54) is 11.6 Å². The number of nitrogens with one attached hydrogen (secondary N) is 1. The molecule has 2 aromatic rings. The normalized spacial score (nSPS) is 12.1. The summed E-state index contributed by atoms with van der Waals surface area (Å²) in [6, 6.07) is 5.73. The predicted molar refractivity (Wildman–Crippen MR) is 80.6 cm³/mol. The van der Waals surface area contributed by atoms with Gasteiger partial charge < -0.3 is 0 Å². The van der Waals surface area contributed by atoms with Gasteiger partial charge in [0.1, 0.15) is 0 Å². The Morgan fingerprint density at radius 1 is 1.24 bits per heavy atom. The van der Waals surface area contributed by atoms with Gasteiger partial charge in [0.2, 0.25) is 0 Å². The second-order valence-corrected chi connectivity index (χ2v) is 5.81. The molecule has 0 atom stereocenters. The first-order chi connectivity index (χ1) is 10.1. The average Bonchev–Trinajstić information content (AvgIpc) is 2.96. The van der Waals surface area contributed by atoms with Gasteiger partial charge >= 0.3 is 125 Å². The van der Waals surface area contributed by atoms with Crippen molar-refractivity contribution in [1.29, 1.82) is 0 Å². The number of aryl methyl sites for hydroxylation is 1. The van der Waals surface area contributed by atoms with E-state index in [2.05, 4.69) is 13.2 Å². The molecule has 3 rings (SSSR count). The molecule has 0 bridgehead atoms. The predicted octanol–water partition coefficient (Wildman–Crippen LogP) is 1.04. The minimum absolute atomic E-state index is 0.0904. The summed E-state index contributed by atoms with van der Waals surface area (Å²) in [6.07, 6.45) is 1.56. The van der Waals surface area contributed by atoms with Gasteiger partial charge in [-0.15, -0.1) is 0 Å². The minimum atomic E-state index is -0.333. The van der Waals surface area contributed by atoms with E-state index >= 15 is 0 Å². The van der Waals surface area contributed by atoms with Crippen molar-refractivity contribution >= 4 is 31.6 Å². The van der Waals surface area contributed by atoms with Gasteiger partial charge in [-0.1, -0.05) is 0 Å². The molecule has 21 heavy (non-hydrogen) atoms. The number of hydrogen-bond acceptors (Lipinski definition) is 5. The summed E-state index contributed by atoms with van der Waals surface area (Å²) < 4.78 is 11.2. The van der Waals surface area contributed by atoms with E-state index < -0.39 is 0 Å². The van der Waals surface area contributed by atoms with E-state index in [9.17, 15) is 9.59 Å². The summed E-state index contributed by atoms with van der Waals surface area (Å²) in [5.41, 5.74) is 2.49. The Kier molecular flexibility index (Phi) is 3.48. The van der Waals surface area contributed by atoms with Crippen molar-refractivity contribution in [2.75, 3.05) is 5.32 Å². The summed E-state index contributed by atoms with van der Waals surface area (Å²) in [7, 11) is 3.10. The maximum atomic E-state index is 12.1. The van der Waals surface area contributed by atoms with Crippen LogP contribution in [0.4, 0.5) is 17.1 Å². The molecule has 2 heterocycles. The van der Waals surface area contributed by atoms with Crippen molar-refractivity contribution in [1.82, 2.24) is 9.13 Å². The van der Waals surface area contributed by atoms with E-state index in [0.29, 0.717) is 12.1 Å². The summed E-state index contributed by atoms with van der Waals surface area (Å²) in [5, 5.41) is 3.20. The maximum absolute atomic E-state index is 12.1. The number of anilines is 1. The van der Waals surface area contributed by atoms with Gasteiger partial charge in [0.05, 0.1) is 0 Å². The molecule has 1 aliphatic heterocycles. The molecular formula is C13H13N5O2Se. The van der Waals surface area contributed by atoms with Crippen LogP contribution in [0.1, 0.15) is 5.56 Å². The number of hydrogen-bond donors (Lipinski definition) is 1. The van der Waals surface area contributed by atoms with Crippen LogP contribution in [0, 0.1) is 0 Å². The standard InChI is InChI=1S/C13H13N5O2Se/c1-17-7-8(12(19)18(2)13(17)20)6-14-9-4-3-5-10-11(9)16-21-15-10/h3-5,7,14H,6H2,1-2H3. The van der Waals surface area contributed by atoms with Crippen LogP contribution in [0.3, 0.4) is 0 Å². The third-order valence-corrected chi connectivity index (χ3v) is 4.41. The molecular weight excluding hydrogens is 337 g/mol. The Morgan fingerprint density at radius 2 is 2.05 bits per heavy atom. The van der Waals surface area contributed by atoms with E-state index in [0.717, 1.165) is 21.6 Å². The van der Waals surface area contributed by atoms with Crippen molar-refractivity contribution in [3.63, 3.8) is 0 Å². The number of benzene rings is 1. The SMILES string of the molecule is Cn1cc(CNc2cccc3c2N=[Se]=N3)c(=O)n(C)c1=O. The Labute approximate surface area is 126 Å². The quantitative estimate of drug-likeness (QED) is 0.717. The fraction of sp³-hybridized carbons (Fsp3) is 0.231. The molecule has 0 unspecified atom stereocenters. The van der Waals surface area contributed by atoms with Gasteiger partial charge in [0.15, 0.2) is 0 Å². The summed E-state index contributed by atoms with van der Waals surface area (Å²) in [4.78, 5) is 23.7. The van der Waals surface area contributed by atoms with E-state index in [1.807, 2.05) is 18.2 Å². The molecule has 0 fully saturated rings. The molecule has 1 aliphatic rings. The Balaban J connectivity index is 1.91. The zero-order valence-electron chi connectivity index (χ0n) is 11.5. The Morgan fingerprint density at radius 3 is 2.86 bits per heavy atom. The van der Waals surface area contributed by atoms with Gasteiger partial charge in [-0.2, -0.15) is 0 Å². The molecule has 1 N–H and O–H groups in total. The van der Waals surface area contributed by atoms with Crippen LogP contribution < -0.4 is 16.6 Å². The number of nitrogens with zero attached hydrogens (tertiary/aromatic N) is 4. The average molecular weight is 350 g/mol. The first-order valence-corrected chi connectivity index (χ1v) is 7.82. The van der Waals surface area contributed by atoms with Crippen molar-refractivity contribution in [3.8, 4) is 0 Å². The zero-order chi connectivity index (χ0) is 15.0. The Hall–Kier alpha value is -2.18. The van der Waals surface area contributed by atoms with Gasteiger partial charge in [-0.25, -0.2) is 0 Å². The fourth-order valence-electron chi connectivity index (χ4n) is 2.14. The van der Waals surface area contributed by atoms with Crippen LogP contribution in [-0.4, -0.2) is 23.7 Å². The van der Waals surface area contributed by atoms with E-state index in [4.69, 9.17) is 0 Å². The molecule has 0 amide bonds. The van der Waals surface area contributed by atoms with Gasteiger partial charge in [-0.3, -0.25) is 0 Å². The molecule has 0 saturated carbocycles. The van der Waals surface area contributed by atoms with Gasteiger partial charge in [-0.05, 0) is 0 Å². The van der Waals surface area contributed by atoms with E-state index in [-0.39, 0.29) is 25.8 Å². The fourth-order valence-corrected chi connectivity index (χ4v) is 3.30. The monoisotopic (exact) mass is 351 g/mol. The Bertz CT molecular complexity index is 906. The third kappa shape index (κ3) is 2.43. The molecule has 108 valence electrons. The van der Waals surface area contributed by atoms with Crippen LogP contribution >= 0.6 is 0 Å². The first-order valence-electron chi connectivity index (χ1n) is 6.28. The zero-order valence-corrected chi connectivity index (χ0v) is 13.2. The summed E-state index contributed by atoms with van der Waals surface area (Å²) in [6.45, 7) is 0.333. The number of aromatic nitrogens is 2. The second kappa shape index (κ2) is 5.31. The van der Waals surface area contributed by atoms with E-state index in [1.54, 1.807) is 13.2 Å². The molecule has 7 nitrogen and oxygen atoms in total. The van der Waals surface area contributed by atoms with Crippen molar-refractivity contribution in [3.05, 3.63) is 50.8 Å². The van der Waals surface area contributed by atoms with Crippen molar-refractivity contribution in [2.24, 2.45) is 22.0 Å². The molecule has 0 aliphatic carbocycles. The number of fused-ring (bicyclic) bond motifs is 1. The molecule has 0 saturated heterocycles. The van der Waals surface area contributed by atoms with Gasteiger partial charge in [0.25, 0.3) is 0 Å². The van der Waals surface area contributed by atoms with Crippen molar-refractivity contribution < 1.29 is 0 Å². The second-order valence-electron chi connectivity index (χ2n) is 4.70. The van der Waals surface area contributed by atoms with Crippen LogP contribution in [-0.2, 0) is 20.6 Å². The molecule has 1 aromatic heterocycles. The molecule has 8 heteroatoms. The first kappa shape index (κ1) is 13.8. The van der Waals surface area contributed by atoms with Crippen LogP contribution in [0.5, 0.6) is 0 Å². The molecule has 0 radical (unpaired) electrons. The molecule has 0 spiro atoms. The van der Waals surface area contributed by atoms with Crippen LogP contribution in [0.2, 0.25) is 0 Å². The summed E-state index contributed by atoms with van der Waals surface area (Å²) >= 11 is -0.0904.